The Balaban J connectivity index is 2.20. The molecule has 0 aliphatic rings. The van der Waals surface area contributed by atoms with Crippen molar-refractivity contribution in [2.75, 3.05) is 5.32 Å². The van der Waals surface area contributed by atoms with Crippen molar-refractivity contribution in [3.63, 3.8) is 0 Å². The van der Waals surface area contributed by atoms with Gasteiger partial charge in [-0.05, 0) is 36.8 Å². The largest absolute Gasteiger partial charge is 0.508 e. The number of aromatic hydroxyl groups is 1. The van der Waals surface area contributed by atoms with Gasteiger partial charge in [0.15, 0.2) is 0 Å². The van der Waals surface area contributed by atoms with E-state index in [4.69, 9.17) is 11.6 Å². The number of hydrogen-bond acceptors (Lipinski definition) is 2. The highest BCUT2D eigenvalue weighted by molar-refractivity contribution is 6.30. The molecule has 3 heteroatoms. The molecule has 0 bridgehead atoms. The van der Waals surface area contributed by atoms with Crippen LogP contribution >= 0.6 is 11.6 Å². The highest BCUT2D eigenvalue weighted by Crippen LogP contribution is 2.29. The molecule has 0 aliphatic heterocycles. The average Bonchev–Trinajstić information content (AvgIpc) is 2.39. The van der Waals surface area contributed by atoms with E-state index in [-0.39, 0.29) is 6.04 Å². The summed E-state index contributed by atoms with van der Waals surface area (Å²) in [6.45, 7) is 2.08. The summed E-state index contributed by atoms with van der Waals surface area (Å²) in [5, 5.41) is 14.0. The van der Waals surface area contributed by atoms with Crippen molar-refractivity contribution < 1.29 is 5.11 Å². The lowest BCUT2D eigenvalue weighted by molar-refractivity contribution is 0.463. The predicted molar refractivity (Wildman–Crippen MR) is 76.2 cm³/mol. The van der Waals surface area contributed by atoms with Crippen molar-refractivity contribution in [3.05, 3.63) is 59.1 Å². The first kappa shape index (κ1) is 12.8. The van der Waals surface area contributed by atoms with Crippen molar-refractivity contribution in [2.24, 2.45) is 0 Å². The number of para-hydroxylation sites is 1. The molecule has 1 unspecified atom stereocenters. The molecule has 0 heterocycles. The Morgan fingerprint density at radius 1 is 1.11 bits per heavy atom. The third kappa shape index (κ3) is 2.96. The zero-order valence-corrected chi connectivity index (χ0v) is 11.0. The zero-order valence-electron chi connectivity index (χ0n) is 10.2. The van der Waals surface area contributed by atoms with Crippen LogP contribution in [0.15, 0.2) is 48.5 Å². The summed E-state index contributed by atoms with van der Waals surface area (Å²) in [6, 6.07) is 15.1. The summed E-state index contributed by atoms with van der Waals surface area (Å²) in [4.78, 5) is 0. The van der Waals surface area contributed by atoms with E-state index in [1.165, 1.54) is 0 Å². The van der Waals surface area contributed by atoms with E-state index in [0.29, 0.717) is 5.75 Å². The number of nitrogens with one attached hydrogen (secondary N) is 1. The number of hydrogen-bond donors (Lipinski definition) is 2. The molecule has 0 radical (unpaired) electrons. The highest BCUT2D eigenvalue weighted by Gasteiger charge is 2.12. The van der Waals surface area contributed by atoms with Crippen LogP contribution in [0.5, 0.6) is 5.75 Å². The van der Waals surface area contributed by atoms with E-state index < -0.39 is 0 Å². The number of phenols is 1. The molecule has 2 N–H and O–H groups in total. The molecule has 0 spiro atoms. The number of rotatable bonds is 4. The predicted octanol–water partition coefficient (Wildman–Crippen LogP) is 4.61. The van der Waals surface area contributed by atoms with Gasteiger partial charge in [-0.1, -0.05) is 36.7 Å². The fourth-order valence-corrected chi connectivity index (χ4v) is 2.06. The minimum absolute atomic E-state index is 0.0902. The third-order valence-electron chi connectivity index (χ3n) is 2.91. The van der Waals surface area contributed by atoms with Crippen LogP contribution in [0.3, 0.4) is 0 Å². The van der Waals surface area contributed by atoms with E-state index >= 15 is 0 Å². The van der Waals surface area contributed by atoms with E-state index in [9.17, 15) is 5.11 Å². The van der Waals surface area contributed by atoms with Crippen LogP contribution < -0.4 is 5.32 Å². The maximum Gasteiger partial charge on any atom is 0.120 e. The SMILES string of the molecule is CCC(Nc1ccc(Cl)cc1)c1ccccc1O. The Labute approximate surface area is 112 Å². The number of phenolic OH excluding ortho intramolecular Hbond substituents is 1. The van der Waals surface area contributed by atoms with Gasteiger partial charge in [0.05, 0.1) is 6.04 Å². The molecular weight excluding hydrogens is 246 g/mol. The van der Waals surface area contributed by atoms with Gasteiger partial charge in [-0.15, -0.1) is 0 Å². The van der Waals surface area contributed by atoms with Gasteiger partial charge < -0.3 is 10.4 Å². The second kappa shape index (κ2) is 5.78. The summed E-state index contributed by atoms with van der Waals surface area (Å²) < 4.78 is 0. The number of halogens is 1. The van der Waals surface area contributed by atoms with E-state index in [2.05, 4.69) is 12.2 Å². The summed E-state index contributed by atoms with van der Waals surface area (Å²) >= 11 is 5.86. The molecule has 0 amide bonds. The maximum atomic E-state index is 9.87. The van der Waals surface area contributed by atoms with Crippen LogP contribution in [0.4, 0.5) is 5.69 Å². The normalized spacial score (nSPS) is 12.1. The molecule has 0 aliphatic carbocycles. The summed E-state index contributed by atoms with van der Waals surface area (Å²) in [7, 11) is 0. The summed E-state index contributed by atoms with van der Waals surface area (Å²) in [5.74, 6) is 0.325. The van der Waals surface area contributed by atoms with Gasteiger partial charge >= 0.3 is 0 Å². The number of benzene rings is 2. The molecule has 18 heavy (non-hydrogen) atoms. The topological polar surface area (TPSA) is 32.3 Å². The second-order valence-corrected chi connectivity index (χ2v) is 4.61. The molecule has 0 fully saturated rings. The molecule has 0 saturated heterocycles. The molecule has 2 aromatic carbocycles. The standard InChI is InChI=1S/C15H16ClNO/c1-2-14(13-5-3-4-6-15(13)18)17-12-9-7-11(16)8-10-12/h3-10,14,17-18H,2H2,1H3. The first-order chi connectivity index (χ1) is 8.70. The molecule has 94 valence electrons. The van der Waals surface area contributed by atoms with Gasteiger partial charge in [0, 0.05) is 16.3 Å². The Morgan fingerprint density at radius 3 is 2.39 bits per heavy atom. The van der Waals surface area contributed by atoms with E-state index in [1.807, 2.05) is 42.5 Å². The van der Waals surface area contributed by atoms with Gasteiger partial charge in [-0.3, -0.25) is 0 Å². The lowest BCUT2D eigenvalue weighted by Gasteiger charge is -2.19. The average molecular weight is 262 g/mol. The Kier molecular flexibility index (Phi) is 4.11. The quantitative estimate of drug-likeness (QED) is 0.842. The molecular formula is C15H16ClNO. The monoisotopic (exact) mass is 261 g/mol. The van der Waals surface area contributed by atoms with Gasteiger partial charge in [-0.2, -0.15) is 0 Å². The third-order valence-corrected chi connectivity index (χ3v) is 3.16. The minimum Gasteiger partial charge on any atom is -0.508 e. The van der Waals surface area contributed by atoms with Gasteiger partial charge in [0.1, 0.15) is 5.75 Å². The smallest absolute Gasteiger partial charge is 0.120 e. The van der Waals surface area contributed by atoms with Crippen LogP contribution in [0.25, 0.3) is 0 Å². The lowest BCUT2D eigenvalue weighted by Crippen LogP contribution is -2.09. The Hall–Kier alpha value is -1.67. The van der Waals surface area contributed by atoms with Crippen molar-refractivity contribution in [1.29, 1.82) is 0 Å². The van der Waals surface area contributed by atoms with Crippen LogP contribution in [-0.2, 0) is 0 Å². The molecule has 0 aromatic heterocycles. The fraction of sp³-hybridized carbons (Fsp3) is 0.200. The van der Waals surface area contributed by atoms with Crippen LogP contribution in [0.1, 0.15) is 24.9 Å². The van der Waals surface area contributed by atoms with E-state index in [1.54, 1.807) is 6.07 Å². The van der Waals surface area contributed by atoms with Crippen LogP contribution in [0.2, 0.25) is 5.02 Å². The van der Waals surface area contributed by atoms with Crippen molar-refractivity contribution in [3.8, 4) is 5.75 Å². The maximum absolute atomic E-state index is 9.87. The summed E-state index contributed by atoms with van der Waals surface area (Å²) in [6.07, 6.45) is 0.889. The zero-order chi connectivity index (χ0) is 13.0. The highest BCUT2D eigenvalue weighted by atomic mass is 35.5. The first-order valence-corrected chi connectivity index (χ1v) is 6.38. The van der Waals surface area contributed by atoms with E-state index in [0.717, 1.165) is 22.7 Å². The van der Waals surface area contributed by atoms with Crippen molar-refractivity contribution >= 4 is 17.3 Å². The molecule has 2 rings (SSSR count). The van der Waals surface area contributed by atoms with Crippen molar-refractivity contribution in [1.82, 2.24) is 0 Å². The van der Waals surface area contributed by atoms with Crippen molar-refractivity contribution in [2.45, 2.75) is 19.4 Å². The first-order valence-electron chi connectivity index (χ1n) is 6.00. The van der Waals surface area contributed by atoms with Crippen LogP contribution in [0, 0.1) is 0 Å². The minimum atomic E-state index is 0.0902. The molecule has 2 aromatic rings. The van der Waals surface area contributed by atoms with Gasteiger partial charge in [0.25, 0.3) is 0 Å². The fourth-order valence-electron chi connectivity index (χ4n) is 1.93. The molecule has 1 atom stereocenters. The van der Waals surface area contributed by atoms with Crippen LogP contribution in [-0.4, -0.2) is 5.11 Å². The lowest BCUT2D eigenvalue weighted by atomic mass is 10.0. The second-order valence-electron chi connectivity index (χ2n) is 4.17. The Morgan fingerprint density at radius 2 is 1.78 bits per heavy atom. The van der Waals surface area contributed by atoms with Gasteiger partial charge in [0.2, 0.25) is 0 Å². The Bertz CT molecular complexity index is 510. The van der Waals surface area contributed by atoms with Gasteiger partial charge in [-0.25, -0.2) is 0 Å². The molecule has 0 saturated carbocycles. The number of anilines is 1. The summed E-state index contributed by atoms with van der Waals surface area (Å²) in [5.41, 5.74) is 1.91. The molecule has 2 nitrogen and oxygen atoms in total.